The third kappa shape index (κ3) is 5.07. The summed E-state index contributed by atoms with van der Waals surface area (Å²) in [5.74, 6) is 3.29. The fourth-order valence-electron chi connectivity index (χ4n) is 9.46. The second kappa shape index (κ2) is 10.9. The first-order chi connectivity index (χ1) is 16.3. The molecule has 4 fully saturated rings. The van der Waals surface area contributed by atoms with Gasteiger partial charge in [0, 0.05) is 25.9 Å². The van der Waals surface area contributed by atoms with Crippen molar-refractivity contribution in [2.45, 2.75) is 135 Å². The first-order valence-corrected chi connectivity index (χ1v) is 14.7. The largest absolute Gasteiger partial charge is 0.481 e. The first-order valence-electron chi connectivity index (χ1n) is 14.7. The van der Waals surface area contributed by atoms with E-state index in [-0.39, 0.29) is 0 Å². The molecule has 7 atom stereocenters. The summed E-state index contributed by atoms with van der Waals surface area (Å²) >= 11 is 0. The highest BCUT2D eigenvalue weighted by Crippen LogP contribution is 2.66. The summed E-state index contributed by atoms with van der Waals surface area (Å²) in [6.45, 7) is 5.20. The molecule has 0 aromatic heterocycles. The fourth-order valence-corrected chi connectivity index (χ4v) is 9.46. The SMILES string of the molecule is CN1C(=O)CC[C@]2(C)[C@H]3CC[C@]4(C)[C@@H](CCCCCCCCCCC(=O)O)CC[C@H]4[C@@H]3CC[C@@H]12. The Labute approximate surface area is 208 Å². The van der Waals surface area contributed by atoms with Crippen molar-refractivity contribution in [2.75, 3.05) is 7.05 Å². The summed E-state index contributed by atoms with van der Waals surface area (Å²) in [5, 5.41) is 8.71. The molecule has 0 spiro atoms. The van der Waals surface area contributed by atoms with Crippen molar-refractivity contribution in [3.63, 3.8) is 0 Å². The molecule has 1 saturated heterocycles. The maximum Gasteiger partial charge on any atom is 0.303 e. The van der Waals surface area contributed by atoms with Crippen molar-refractivity contribution in [2.24, 2.45) is 34.5 Å². The van der Waals surface area contributed by atoms with Gasteiger partial charge >= 0.3 is 5.97 Å². The van der Waals surface area contributed by atoms with Crippen LogP contribution in [0.1, 0.15) is 129 Å². The monoisotopic (exact) mass is 473 g/mol. The van der Waals surface area contributed by atoms with Gasteiger partial charge in [0.1, 0.15) is 0 Å². The Morgan fingerprint density at radius 1 is 0.853 bits per heavy atom. The molecule has 0 aromatic rings. The lowest BCUT2D eigenvalue weighted by molar-refractivity contribution is -0.158. The average molecular weight is 474 g/mol. The van der Waals surface area contributed by atoms with Crippen molar-refractivity contribution in [1.82, 2.24) is 4.90 Å². The minimum atomic E-state index is -0.656. The number of carbonyl (C=O) groups is 2. The van der Waals surface area contributed by atoms with E-state index in [9.17, 15) is 9.59 Å². The highest BCUT2D eigenvalue weighted by atomic mass is 16.4. The Balaban J connectivity index is 1.21. The summed E-state index contributed by atoms with van der Waals surface area (Å²) in [4.78, 5) is 25.1. The molecule has 194 valence electrons. The van der Waals surface area contributed by atoms with E-state index in [0.29, 0.717) is 29.2 Å². The number of piperidine rings is 1. The van der Waals surface area contributed by atoms with Gasteiger partial charge in [-0.25, -0.2) is 0 Å². The predicted molar refractivity (Wildman–Crippen MR) is 137 cm³/mol. The molecule has 4 rings (SSSR count). The van der Waals surface area contributed by atoms with Gasteiger partial charge in [-0.2, -0.15) is 0 Å². The summed E-state index contributed by atoms with van der Waals surface area (Å²) in [6.07, 6.45) is 21.8. The van der Waals surface area contributed by atoms with Crippen molar-refractivity contribution >= 4 is 11.9 Å². The molecule has 0 aromatic carbocycles. The van der Waals surface area contributed by atoms with Gasteiger partial charge in [-0.05, 0) is 92.3 Å². The minimum Gasteiger partial charge on any atom is -0.481 e. The van der Waals surface area contributed by atoms with Gasteiger partial charge < -0.3 is 10.0 Å². The Hall–Kier alpha value is -1.06. The van der Waals surface area contributed by atoms with E-state index < -0.39 is 5.97 Å². The summed E-state index contributed by atoms with van der Waals surface area (Å²) in [5.41, 5.74) is 0.906. The summed E-state index contributed by atoms with van der Waals surface area (Å²) in [7, 11) is 2.07. The van der Waals surface area contributed by atoms with E-state index >= 15 is 0 Å². The van der Waals surface area contributed by atoms with Crippen molar-refractivity contribution in [3.05, 3.63) is 0 Å². The minimum absolute atomic E-state index is 0.333. The van der Waals surface area contributed by atoms with E-state index in [0.717, 1.165) is 49.4 Å². The second-order valence-electron chi connectivity index (χ2n) is 13.1. The average Bonchev–Trinajstić information content (AvgIpc) is 3.14. The van der Waals surface area contributed by atoms with E-state index in [1.165, 1.54) is 83.5 Å². The van der Waals surface area contributed by atoms with Crippen LogP contribution in [0.3, 0.4) is 0 Å². The maximum absolute atomic E-state index is 12.4. The number of carbonyl (C=O) groups excluding carboxylic acids is 1. The number of rotatable bonds is 11. The number of amides is 1. The Kier molecular flexibility index (Phi) is 8.35. The highest BCUT2D eigenvalue weighted by Gasteiger charge is 2.60. The molecular formula is C30H51NO3. The van der Waals surface area contributed by atoms with Gasteiger partial charge in [0.25, 0.3) is 0 Å². The summed E-state index contributed by atoms with van der Waals surface area (Å²) in [6, 6.07) is 0.480. The zero-order chi connectivity index (χ0) is 24.3. The third-order valence-corrected chi connectivity index (χ3v) is 11.4. The molecule has 1 heterocycles. The van der Waals surface area contributed by atoms with Crippen LogP contribution < -0.4 is 0 Å². The van der Waals surface area contributed by atoms with Gasteiger partial charge in [0.05, 0.1) is 0 Å². The van der Waals surface area contributed by atoms with Gasteiger partial charge in [0.15, 0.2) is 0 Å². The normalized spacial score (nSPS) is 39.4. The molecule has 0 bridgehead atoms. The number of carboxylic acids is 1. The third-order valence-electron chi connectivity index (χ3n) is 11.4. The van der Waals surface area contributed by atoms with Gasteiger partial charge in [-0.15, -0.1) is 0 Å². The molecule has 3 aliphatic carbocycles. The highest BCUT2D eigenvalue weighted by molar-refractivity contribution is 5.77. The van der Waals surface area contributed by atoms with Crippen LogP contribution >= 0.6 is 0 Å². The van der Waals surface area contributed by atoms with Crippen molar-refractivity contribution < 1.29 is 14.7 Å². The molecule has 1 N–H and O–H groups in total. The lowest BCUT2D eigenvalue weighted by Crippen LogP contribution is -2.61. The summed E-state index contributed by atoms with van der Waals surface area (Å²) < 4.78 is 0. The first kappa shape index (κ1) is 26.0. The Morgan fingerprint density at radius 3 is 2.21 bits per heavy atom. The molecule has 4 heteroatoms. The van der Waals surface area contributed by atoms with E-state index in [4.69, 9.17) is 5.11 Å². The quantitative estimate of drug-likeness (QED) is 0.317. The standard InChI is InChI=1S/C30H51NO3/c1-29-20-18-25-23(15-17-26-30(25,2)21-19-27(32)31(26)3)24(29)16-14-22(29)12-10-8-6-4-5-7-9-11-13-28(33)34/h22-26H,4-21H2,1-3H3,(H,33,34)/t22-,23-,24-,25-,26+,29+,30+/m0/s1. The molecule has 0 radical (unpaired) electrons. The maximum atomic E-state index is 12.4. The zero-order valence-corrected chi connectivity index (χ0v) is 22.3. The lowest BCUT2D eigenvalue weighted by Gasteiger charge is -2.62. The van der Waals surface area contributed by atoms with Crippen LogP contribution in [0.15, 0.2) is 0 Å². The van der Waals surface area contributed by atoms with E-state index in [1.807, 2.05) is 0 Å². The van der Waals surface area contributed by atoms with Crippen LogP contribution in [0.4, 0.5) is 0 Å². The number of nitrogens with zero attached hydrogens (tertiary/aromatic N) is 1. The predicted octanol–water partition coefficient (Wildman–Crippen LogP) is 7.45. The molecule has 4 aliphatic rings. The van der Waals surface area contributed by atoms with Crippen LogP contribution in [0.2, 0.25) is 0 Å². The van der Waals surface area contributed by atoms with Crippen LogP contribution in [0.5, 0.6) is 0 Å². The number of fused-ring (bicyclic) bond motifs is 5. The fraction of sp³-hybridized carbons (Fsp3) is 0.933. The number of likely N-dealkylation sites (tertiary alicyclic amines) is 1. The number of unbranched alkanes of at least 4 members (excludes halogenated alkanes) is 7. The molecule has 3 saturated carbocycles. The Bertz CT molecular complexity index is 722. The van der Waals surface area contributed by atoms with E-state index in [1.54, 1.807) is 0 Å². The molecule has 1 amide bonds. The van der Waals surface area contributed by atoms with Crippen molar-refractivity contribution in [3.8, 4) is 0 Å². The second-order valence-corrected chi connectivity index (χ2v) is 13.1. The number of carboxylic acid groups (broad SMARTS) is 1. The Morgan fingerprint density at radius 2 is 1.50 bits per heavy atom. The van der Waals surface area contributed by atoms with Gasteiger partial charge in [-0.3, -0.25) is 9.59 Å². The molecule has 4 nitrogen and oxygen atoms in total. The zero-order valence-electron chi connectivity index (χ0n) is 22.3. The topological polar surface area (TPSA) is 57.6 Å². The van der Waals surface area contributed by atoms with Gasteiger partial charge in [-0.1, -0.05) is 58.8 Å². The number of hydrogen-bond donors (Lipinski definition) is 1. The van der Waals surface area contributed by atoms with Crippen LogP contribution in [0, 0.1) is 34.5 Å². The number of hydrogen-bond acceptors (Lipinski definition) is 2. The van der Waals surface area contributed by atoms with Crippen LogP contribution in [0.25, 0.3) is 0 Å². The lowest BCUT2D eigenvalue weighted by atomic mass is 9.46. The molecule has 1 aliphatic heterocycles. The smallest absolute Gasteiger partial charge is 0.303 e. The molecule has 0 unspecified atom stereocenters. The number of aliphatic carboxylic acids is 1. The van der Waals surface area contributed by atoms with Crippen LogP contribution in [-0.2, 0) is 9.59 Å². The molecule has 34 heavy (non-hydrogen) atoms. The van der Waals surface area contributed by atoms with Crippen molar-refractivity contribution in [1.29, 1.82) is 0 Å². The molecular weight excluding hydrogens is 422 g/mol. The van der Waals surface area contributed by atoms with Crippen LogP contribution in [-0.4, -0.2) is 35.0 Å². The van der Waals surface area contributed by atoms with Gasteiger partial charge in [0.2, 0.25) is 5.91 Å². The van der Waals surface area contributed by atoms with E-state index in [2.05, 4.69) is 25.8 Å².